The van der Waals surface area contributed by atoms with E-state index in [1.165, 1.54) is 57.4 Å². The van der Waals surface area contributed by atoms with Gasteiger partial charge in [0.1, 0.15) is 0 Å². The fourth-order valence-corrected chi connectivity index (χ4v) is 16.3. The molecule has 0 aromatic rings. The summed E-state index contributed by atoms with van der Waals surface area (Å²) in [6.45, 7) is 13.6. The van der Waals surface area contributed by atoms with E-state index in [2.05, 4.69) is 50.9 Å². The van der Waals surface area contributed by atoms with E-state index in [1.807, 2.05) is 4.67 Å². The number of nitrogens with zero attached hydrogens (tertiary/aromatic N) is 1. The monoisotopic (exact) mass is 715 g/mol. The Kier molecular flexibility index (Phi) is 10.6. The SMILES string of the molecule is CC(=O)OCC(C(=O)O[C@H]1CC[C@@]2(C)C(=CCC3C2CC[C@@]2(C)C3CC[C@@H]2[C@H](C)CCCC(C)C)C1)N1CC(=O)O[PH]12NC1CCCCC1N2. The summed E-state index contributed by atoms with van der Waals surface area (Å²) in [6, 6.07) is -0.495. The average Bonchev–Trinajstić information content (AvgIpc) is 3.71. The fraction of sp³-hybridized carbons (Fsp3) is 0.875. The summed E-state index contributed by atoms with van der Waals surface area (Å²) < 4.78 is 19.6. The normalized spacial score (nSPS) is 40.9. The number of carbonyl (C=O) groups excluding carboxylic acids is 3. The molecule has 5 aliphatic carbocycles. The number of nitrogens with one attached hydrogen (secondary N) is 2. The van der Waals surface area contributed by atoms with Gasteiger partial charge in [-0.3, -0.25) is 0 Å². The Hall–Kier alpha value is -1.54. The molecule has 10 heteroatoms. The molecule has 0 aromatic carbocycles. The summed E-state index contributed by atoms with van der Waals surface area (Å²) in [7, 11) is -3.17. The molecule has 11 atom stereocenters. The number of rotatable bonds is 10. The van der Waals surface area contributed by atoms with Crippen LogP contribution in [0.15, 0.2) is 11.6 Å². The van der Waals surface area contributed by atoms with Crippen molar-refractivity contribution in [2.75, 3.05) is 13.2 Å². The molecule has 9 nitrogen and oxygen atoms in total. The van der Waals surface area contributed by atoms with Gasteiger partial charge in [-0.2, -0.15) is 0 Å². The summed E-state index contributed by atoms with van der Waals surface area (Å²) >= 11 is 0. The zero-order valence-electron chi connectivity index (χ0n) is 31.8. The second-order valence-electron chi connectivity index (χ2n) is 18.4. The second-order valence-corrected chi connectivity index (χ2v) is 21.1. The molecule has 4 saturated carbocycles. The van der Waals surface area contributed by atoms with Crippen LogP contribution in [0.4, 0.5) is 0 Å². The van der Waals surface area contributed by atoms with E-state index in [4.69, 9.17) is 14.0 Å². The zero-order valence-corrected chi connectivity index (χ0v) is 32.8. The first-order valence-corrected chi connectivity index (χ1v) is 22.3. The van der Waals surface area contributed by atoms with E-state index in [0.717, 1.165) is 81.0 Å². The van der Waals surface area contributed by atoms with Crippen molar-refractivity contribution in [2.45, 2.75) is 162 Å². The van der Waals surface area contributed by atoms with E-state index in [9.17, 15) is 14.4 Å². The van der Waals surface area contributed by atoms with Crippen LogP contribution in [0, 0.1) is 46.3 Å². The van der Waals surface area contributed by atoms with Gasteiger partial charge in [0.15, 0.2) is 0 Å². The number of fused-ring (bicyclic) bond motifs is 6. The van der Waals surface area contributed by atoms with Crippen LogP contribution >= 0.6 is 7.94 Å². The molecule has 1 spiro atoms. The van der Waals surface area contributed by atoms with Gasteiger partial charge in [-0.25, -0.2) is 0 Å². The topological polar surface area (TPSA) is 106 Å². The molecule has 6 unspecified atom stereocenters. The van der Waals surface area contributed by atoms with Crippen molar-refractivity contribution in [3.05, 3.63) is 11.6 Å². The van der Waals surface area contributed by atoms with Gasteiger partial charge >= 0.3 is 231 Å². The van der Waals surface area contributed by atoms with Crippen molar-refractivity contribution < 1.29 is 28.4 Å². The first-order chi connectivity index (χ1) is 23.8. The second kappa shape index (κ2) is 14.4. The number of hydrogen-bond acceptors (Lipinski definition) is 9. The number of esters is 2. The maximum absolute atomic E-state index is 14.1. The van der Waals surface area contributed by atoms with Gasteiger partial charge in [0, 0.05) is 0 Å². The third-order valence-electron chi connectivity index (χ3n) is 15.1. The van der Waals surface area contributed by atoms with Crippen molar-refractivity contribution >= 4 is 25.8 Å². The Morgan fingerprint density at radius 2 is 1.74 bits per heavy atom. The molecule has 0 radical (unpaired) electrons. The number of hydrogen-bond donors (Lipinski definition) is 2. The molecule has 282 valence electrons. The average molecular weight is 716 g/mol. The van der Waals surface area contributed by atoms with Crippen LogP contribution in [-0.4, -0.2) is 60.0 Å². The van der Waals surface area contributed by atoms with Gasteiger partial charge in [-0.15, -0.1) is 0 Å². The van der Waals surface area contributed by atoms with E-state index in [1.54, 1.807) is 0 Å². The number of allylic oxidation sites excluding steroid dienone is 1. The van der Waals surface area contributed by atoms with Gasteiger partial charge in [0.2, 0.25) is 0 Å². The first-order valence-electron chi connectivity index (χ1n) is 20.4. The van der Waals surface area contributed by atoms with Crippen LogP contribution in [0.5, 0.6) is 0 Å². The minimum absolute atomic E-state index is 0.0265. The van der Waals surface area contributed by atoms with Gasteiger partial charge in [-0.1, -0.05) is 47.0 Å². The van der Waals surface area contributed by atoms with Gasteiger partial charge in [0.25, 0.3) is 0 Å². The molecular weight excluding hydrogens is 649 g/mol. The van der Waals surface area contributed by atoms with E-state index in [-0.39, 0.29) is 42.7 Å². The molecule has 2 saturated heterocycles. The standard InChI is InChI=1S/C40H66N3O6P/c1-25(2)10-9-11-26(3)31-16-17-32-30-15-14-28-22-29(18-20-39(28,5)33(30)19-21-40(31,32)6)48-38(46)36(24-47-27(4)44)43-23-37(45)49-50(43)41-34-12-7-8-13-35(34)42-50/h14,25-26,29-36,41-42,50H,7-13,15-24H2,1-6H3/t26-,29+,30?,31-,32?,33?,34?,35?,36?,39+,40-/m1/s1. The van der Waals surface area contributed by atoms with E-state index < -0.39 is 25.9 Å². The molecule has 50 heavy (non-hydrogen) atoms. The number of carbonyl (C=O) groups is 3. The van der Waals surface area contributed by atoms with E-state index in [0.29, 0.717) is 11.3 Å². The minimum atomic E-state index is -3.17. The van der Waals surface area contributed by atoms with Crippen LogP contribution in [0.1, 0.15) is 138 Å². The third kappa shape index (κ3) is 6.73. The van der Waals surface area contributed by atoms with E-state index >= 15 is 0 Å². The molecule has 0 amide bonds. The molecule has 0 bridgehead atoms. The Morgan fingerprint density at radius 3 is 2.44 bits per heavy atom. The zero-order chi connectivity index (χ0) is 35.4. The van der Waals surface area contributed by atoms with Gasteiger partial charge < -0.3 is 0 Å². The molecule has 7 rings (SSSR count). The summed E-state index contributed by atoms with van der Waals surface area (Å²) in [6.07, 6.45) is 19.9. The van der Waals surface area contributed by atoms with Crippen molar-refractivity contribution in [3.8, 4) is 0 Å². The van der Waals surface area contributed by atoms with Crippen molar-refractivity contribution in [3.63, 3.8) is 0 Å². The van der Waals surface area contributed by atoms with Crippen LogP contribution < -0.4 is 10.2 Å². The van der Waals surface area contributed by atoms with Gasteiger partial charge in [-0.05, 0) is 24.2 Å². The van der Waals surface area contributed by atoms with Crippen LogP contribution in [0.25, 0.3) is 0 Å². The quantitative estimate of drug-likeness (QED) is 0.102. The Bertz CT molecular complexity index is 1330. The third-order valence-corrected chi connectivity index (χ3v) is 18.5. The summed E-state index contributed by atoms with van der Waals surface area (Å²) in [5, 5.41) is 7.27. The maximum atomic E-state index is 14.1. The Labute approximate surface area is 301 Å². The van der Waals surface area contributed by atoms with Crippen molar-refractivity contribution in [2.24, 2.45) is 46.3 Å². The first kappa shape index (κ1) is 36.8. The van der Waals surface area contributed by atoms with Crippen LogP contribution in [0.3, 0.4) is 0 Å². The molecular formula is C40H66N3O6P. The Morgan fingerprint density at radius 1 is 1.00 bits per heavy atom. The predicted octanol–water partition coefficient (Wildman–Crippen LogP) is 7.64. The van der Waals surface area contributed by atoms with Crippen molar-refractivity contribution in [1.29, 1.82) is 0 Å². The molecule has 2 heterocycles. The Balaban J connectivity index is 1.03. The fourth-order valence-electron chi connectivity index (χ4n) is 12.6. The summed E-state index contributed by atoms with van der Waals surface area (Å²) in [5.41, 5.74) is 2.10. The summed E-state index contributed by atoms with van der Waals surface area (Å²) in [5.74, 6) is 3.49. The molecule has 7 aliphatic rings. The predicted molar refractivity (Wildman–Crippen MR) is 197 cm³/mol. The molecule has 0 aromatic heterocycles. The van der Waals surface area contributed by atoms with Gasteiger partial charge in [0.05, 0.1) is 0 Å². The summed E-state index contributed by atoms with van der Waals surface area (Å²) in [4.78, 5) is 38.9. The molecule has 6 fully saturated rings. The van der Waals surface area contributed by atoms with Crippen LogP contribution in [0.2, 0.25) is 0 Å². The number of ether oxygens (including phenoxy) is 2. The van der Waals surface area contributed by atoms with Crippen LogP contribution in [-0.2, 0) is 28.4 Å². The molecule has 2 aliphatic heterocycles. The van der Waals surface area contributed by atoms with Crippen molar-refractivity contribution in [1.82, 2.24) is 14.8 Å². The molecule has 2 N–H and O–H groups in total.